The average molecular weight is 510 g/mol. The summed E-state index contributed by atoms with van der Waals surface area (Å²) in [7, 11) is 0. The average Bonchev–Trinajstić information content (AvgIpc) is 3.21. The van der Waals surface area contributed by atoms with E-state index in [1.807, 2.05) is 23.1 Å². The van der Waals surface area contributed by atoms with Crippen molar-refractivity contribution in [3.8, 4) is 0 Å². The zero-order valence-corrected chi connectivity index (χ0v) is 20.0. The predicted molar refractivity (Wildman–Crippen MR) is 131 cm³/mol. The first-order valence-electron chi connectivity index (χ1n) is 10.6. The Hall–Kier alpha value is -1.61. The van der Waals surface area contributed by atoms with Crippen LogP contribution in [-0.4, -0.2) is 52.9 Å². The van der Waals surface area contributed by atoms with Gasteiger partial charge in [-0.2, -0.15) is 5.10 Å². The van der Waals surface area contributed by atoms with Crippen LogP contribution in [0.1, 0.15) is 44.2 Å². The Labute approximate surface area is 192 Å². The second-order valence-corrected chi connectivity index (χ2v) is 7.48. The third kappa shape index (κ3) is 7.97. The minimum absolute atomic E-state index is 0. The Morgan fingerprint density at radius 1 is 1.17 bits per heavy atom. The molecule has 3 rings (SSSR count). The van der Waals surface area contributed by atoms with E-state index in [2.05, 4.69) is 58.7 Å². The van der Waals surface area contributed by atoms with Gasteiger partial charge in [0, 0.05) is 38.1 Å². The third-order valence-corrected chi connectivity index (χ3v) is 5.13. The molecular weight excluding hydrogens is 475 g/mol. The Morgan fingerprint density at radius 3 is 2.66 bits per heavy atom. The summed E-state index contributed by atoms with van der Waals surface area (Å²) in [6.07, 6.45) is 7.41. The number of hydrogen-bond acceptors (Lipinski definition) is 3. The van der Waals surface area contributed by atoms with Crippen molar-refractivity contribution in [2.24, 2.45) is 4.99 Å². The first-order chi connectivity index (χ1) is 13.8. The van der Waals surface area contributed by atoms with E-state index in [9.17, 15) is 0 Å². The molecule has 0 spiro atoms. The summed E-state index contributed by atoms with van der Waals surface area (Å²) in [4.78, 5) is 7.39. The highest BCUT2D eigenvalue weighted by atomic mass is 127. The molecule has 1 aliphatic rings. The molecule has 29 heavy (non-hydrogen) atoms. The minimum Gasteiger partial charge on any atom is -0.357 e. The fraction of sp³-hybridized carbons (Fsp3) is 0.545. The first-order valence-corrected chi connectivity index (χ1v) is 10.6. The summed E-state index contributed by atoms with van der Waals surface area (Å²) in [5.41, 5.74) is 2.47. The normalized spacial score (nSPS) is 15.7. The van der Waals surface area contributed by atoms with E-state index >= 15 is 0 Å². The zero-order valence-electron chi connectivity index (χ0n) is 17.7. The van der Waals surface area contributed by atoms with Gasteiger partial charge in [-0.05, 0) is 49.9 Å². The molecule has 1 saturated heterocycles. The summed E-state index contributed by atoms with van der Waals surface area (Å²) in [6.45, 7) is 10.3. The van der Waals surface area contributed by atoms with Gasteiger partial charge in [0.2, 0.25) is 0 Å². The highest BCUT2D eigenvalue weighted by Gasteiger charge is 2.19. The van der Waals surface area contributed by atoms with E-state index in [1.54, 1.807) is 0 Å². The molecule has 2 heterocycles. The van der Waals surface area contributed by atoms with Gasteiger partial charge in [-0.1, -0.05) is 31.2 Å². The van der Waals surface area contributed by atoms with Gasteiger partial charge in [0.1, 0.15) is 0 Å². The number of likely N-dealkylation sites (tertiary alicyclic amines) is 1. The summed E-state index contributed by atoms with van der Waals surface area (Å²) in [5, 5.41) is 11.3. The van der Waals surface area contributed by atoms with Crippen molar-refractivity contribution in [3.05, 3.63) is 53.9 Å². The number of aliphatic imine (C=N–C) groups is 1. The molecule has 1 aromatic carbocycles. The van der Waals surface area contributed by atoms with Crippen molar-refractivity contribution in [1.82, 2.24) is 25.3 Å². The molecule has 1 fully saturated rings. The van der Waals surface area contributed by atoms with Crippen LogP contribution < -0.4 is 10.6 Å². The molecule has 0 unspecified atom stereocenters. The number of benzene rings is 1. The molecule has 0 radical (unpaired) electrons. The van der Waals surface area contributed by atoms with Crippen molar-refractivity contribution in [2.45, 2.75) is 52.2 Å². The van der Waals surface area contributed by atoms with Crippen molar-refractivity contribution >= 4 is 29.9 Å². The van der Waals surface area contributed by atoms with Crippen molar-refractivity contribution in [1.29, 1.82) is 0 Å². The number of aromatic nitrogens is 2. The molecule has 0 saturated carbocycles. The monoisotopic (exact) mass is 510 g/mol. The van der Waals surface area contributed by atoms with Gasteiger partial charge < -0.3 is 15.5 Å². The molecule has 2 aromatic rings. The first kappa shape index (κ1) is 23.7. The van der Waals surface area contributed by atoms with Crippen LogP contribution in [0.4, 0.5) is 0 Å². The van der Waals surface area contributed by atoms with Gasteiger partial charge in [0.15, 0.2) is 5.96 Å². The van der Waals surface area contributed by atoms with E-state index in [-0.39, 0.29) is 24.0 Å². The number of piperidine rings is 1. The van der Waals surface area contributed by atoms with E-state index in [4.69, 9.17) is 4.99 Å². The molecule has 1 aromatic heterocycles. The number of nitrogens with zero attached hydrogens (tertiary/aromatic N) is 4. The van der Waals surface area contributed by atoms with Gasteiger partial charge in [0.05, 0.1) is 13.1 Å². The summed E-state index contributed by atoms with van der Waals surface area (Å²) < 4.78 is 1.94. The summed E-state index contributed by atoms with van der Waals surface area (Å²) in [5.74, 6) is 0.925. The summed E-state index contributed by atoms with van der Waals surface area (Å²) >= 11 is 0. The summed E-state index contributed by atoms with van der Waals surface area (Å²) in [6, 6.07) is 11.1. The van der Waals surface area contributed by atoms with E-state index in [0.29, 0.717) is 12.6 Å². The second-order valence-electron chi connectivity index (χ2n) is 7.48. The van der Waals surface area contributed by atoms with E-state index < -0.39 is 0 Å². The van der Waals surface area contributed by atoms with Crippen LogP contribution in [0, 0.1) is 0 Å². The largest absolute Gasteiger partial charge is 0.357 e. The Kier molecular flexibility index (Phi) is 10.5. The molecule has 160 valence electrons. The standard InChI is InChI=1S/C22H34N6.HI/c1-3-12-27-14-9-21(10-15-27)26-22(23-4-2)24-17-19-7-5-8-20(16-19)18-28-13-6-11-25-28;/h5-8,11,13,16,21H,3-4,9-10,12,14-15,17-18H2,1-2H3,(H2,23,24,26);1H. The van der Waals surface area contributed by atoms with Crippen LogP contribution in [0.2, 0.25) is 0 Å². The highest BCUT2D eigenvalue weighted by Crippen LogP contribution is 2.11. The molecular formula is C22H35IN6. The molecule has 0 amide bonds. The van der Waals surface area contributed by atoms with Gasteiger partial charge in [0.25, 0.3) is 0 Å². The molecule has 0 bridgehead atoms. The molecule has 7 heteroatoms. The molecule has 2 N–H and O–H groups in total. The highest BCUT2D eigenvalue weighted by molar-refractivity contribution is 14.0. The lowest BCUT2D eigenvalue weighted by Gasteiger charge is -2.32. The predicted octanol–water partition coefficient (Wildman–Crippen LogP) is 3.48. The molecule has 0 aliphatic carbocycles. The lowest BCUT2D eigenvalue weighted by atomic mass is 10.1. The molecule has 6 nitrogen and oxygen atoms in total. The van der Waals surface area contributed by atoms with Crippen molar-refractivity contribution in [2.75, 3.05) is 26.2 Å². The molecule has 0 atom stereocenters. The number of halogens is 1. The number of rotatable bonds is 8. The lowest BCUT2D eigenvalue weighted by Crippen LogP contribution is -2.48. The minimum atomic E-state index is 0. The fourth-order valence-electron chi connectivity index (χ4n) is 3.71. The topological polar surface area (TPSA) is 57.5 Å². The van der Waals surface area contributed by atoms with Gasteiger partial charge in [-0.15, -0.1) is 24.0 Å². The van der Waals surface area contributed by atoms with Gasteiger partial charge in [-0.25, -0.2) is 4.99 Å². The quantitative estimate of drug-likeness (QED) is 0.325. The number of guanidine groups is 1. The van der Waals surface area contributed by atoms with Gasteiger partial charge in [-0.3, -0.25) is 4.68 Å². The number of hydrogen-bond donors (Lipinski definition) is 2. The van der Waals surface area contributed by atoms with Gasteiger partial charge >= 0.3 is 0 Å². The SMILES string of the molecule is CCCN1CCC(NC(=NCc2cccc(Cn3cccn3)c2)NCC)CC1.I. The van der Waals surface area contributed by atoms with Crippen molar-refractivity contribution in [3.63, 3.8) is 0 Å². The maximum absolute atomic E-state index is 4.83. The van der Waals surface area contributed by atoms with Crippen LogP contribution in [0.3, 0.4) is 0 Å². The smallest absolute Gasteiger partial charge is 0.191 e. The van der Waals surface area contributed by atoms with Crippen molar-refractivity contribution < 1.29 is 0 Å². The second kappa shape index (κ2) is 12.8. The van der Waals surface area contributed by atoms with Crippen LogP contribution in [0.25, 0.3) is 0 Å². The Balaban J connectivity index is 0.00000300. The van der Waals surface area contributed by atoms with E-state index in [0.717, 1.165) is 19.0 Å². The van der Waals surface area contributed by atoms with Crippen LogP contribution in [0.5, 0.6) is 0 Å². The Bertz CT molecular complexity index is 723. The zero-order chi connectivity index (χ0) is 19.6. The maximum atomic E-state index is 4.83. The van der Waals surface area contributed by atoms with E-state index in [1.165, 1.54) is 50.0 Å². The van der Waals surface area contributed by atoms with Crippen LogP contribution in [0.15, 0.2) is 47.7 Å². The Morgan fingerprint density at radius 2 is 1.97 bits per heavy atom. The maximum Gasteiger partial charge on any atom is 0.191 e. The number of nitrogens with one attached hydrogen (secondary N) is 2. The van der Waals surface area contributed by atoms with Crippen LogP contribution >= 0.6 is 24.0 Å². The molecule has 1 aliphatic heterocycles. The lowest BCUT2D eigenvalue weighted by molar-refractivity contribution is 0.206. The van der Waals surface area contributed by atoms with Crippen LogP contribution in [-0.2, 0) is 13.1 Å². The third-order valence-electron chi connectivity index (χ3n) is 5.13. The fourth-order valence-corrected chi connectivity index (χ4v) is 3.71.